The van der Waals surface area contributed by atoms with Gasteiger partial charge in [0.2, 0.25) is 5.43 Å². The summed E-state index contributed by atoms with van der Waals surface area (Å²) in [6, 6.07) is 14.7. The lowest BCUT2D eigenvalue weighted by Crippen LogP contribution is -2.29. The molecule has 0 aliphatic carbocycles. The van der Waals surface area contributed by atoms with Gasteiger partial charge >= 0.3 is 0 Å². The van der Waals surface area contributed by atoms with E-state index in [1.165, 1.54) is 41.2 Å². The number of hydrogen-bond donors (Lipinski definition) is 3. The predicted octanol–water partition coefficient (Wildman–Crippen LogP) is 5.31. The number of amides is 1. The topological polar surface area (TPSA) is 120 Å². The summed E-state index contributed by atoms with van der Waals surface area (Å²) >= 11 is 0. The Hall–Kier alpha value is -5.16. The number of nitrogens with one attached hydrogen (secondary N) is 2. The van der Waals surface area contributed by atoms with Crippen molar-refractivity contribution in [3.63, 3.8) is 0 Å². The van der Waals surface area contributed by atoms with Gasteiger partial charge in [0.25, 0.3) is 5.91 Å². The summed E-state index contributed by atoms with van der Waals surface area (Å²) in [6.45, 7) is 1.22. The molecule has 0 atom stereocenters. The molecule has 4 heterocycles. The second kappa shape index (κ2) is 12.6. The summed E-state index contributed by atoms with van der Waals surface area (Å²) < 4.78 is 30.1. The first-order chi connectivity index (χ1) is 21.4. The highest BCUT2D eigenvalue weighted by molar-refractivity contribution is 6.04. The molecule has 1 saturated heterocycles. The van der Waals surface area contributed by atoms with Gasteiger partial charge in [0.15, 0.2) is 0 Å². The fraction of sp³-hybridized carbons (Fsp3) is 0.212. The molecule has 5 aromatic rings. The van der Waals surface area contributed by atoms with Crippen LogP contribution in [-0.2, 0) is 6.54 Å². The summed E-state index contributed by atoms with van der Waals surface area (Å²) in [5.41, 5.74) is 9.96. The zero-order valence-corrected chi connectivity index (χ0v) is 23.8. The van der Waals surface area contributed by atoms with Crippen molar-refractivity contribution in [2.24, 2.45) is 0 Å². The van der Waals surface area contributed by atoms with Gasteiger partial charge in [0, 0.05) is 52.7 Å². The van der Waals surface area contributed by atoms with Crippen molar-refractivity contribution in [2.75, 3.05) is 30.8 Å². The first-order valence-corrected chi connectivity index (χ1v) is 14.4. The maximum absolute atomic E-state index is 13.5. The molecule has 1 amide bonds. The van der Waals surface area contributed by atoms with Crippen molar-refractivity contribution >= 4 is 17.4 Å². The Morgan fingerprint density at radius 3 is 2.36 bits per heavy atom. The Labute approximate surface area is 252 Å². The molecule has 1 fully saturated rings. The lowest BCUT2D eigenvalue weighted by molar-refractivity contribution is 0.102. The number of anilines is 2. The number of aromatic nitrogens is 4. The highest BCUT2D eigenvalue weighted by atomic mass is 19.1. The standard InChI is InChI=1S/C33H31F2N7O2/c34-11-14-41-19-29(22-1-5-25(35)6-2-22)31(43)30(20-41)33(44)40-26-7-3-21(4-8-26)28-15-23(16-38-32(28)36)24-17-39-42(18-24)27-9-12-37-13-10-27/h1-8,15-20,27,37H,9-14H2,(H2,36,38)(H,40,44). The molecule has 11 heteroatoms. The van der Waals surface area contributed by atoms with Gasteiger partial charge in [-0.3, -0.25) is 14.3 Å². The summed E-state index contributed by atoms with van der Waals surface area (Å²) in [5.74, 6) is -0.737. The summed E-state index contributed by atoms with van der Waals surface area (Å²) in [5, 5.41) is 10.7. The smallest absolute Gasteiger partial charge is 0.261 e. The minimum absolute atomic E-state index is 0.0448. The maximum atomic E-state index is 13.5. The van der Waals surface area contributed by atoms with E-state index in [0.29, 0.717) is 23.1 Å². The molecule has 2 aromatic carbocycles. The second-order valence-electron chi connectivity index (χ2n) is 10.7. The average Bonchev–Trinajstić information content (AvgIpc) is 3.54. The number of halogens is 2. The quantitative estimate of drug-likeness (QED) is 0.224. The van der Waals surface area contributed by atoms with Gasteiger partial charge in [-0.15, -0.1) is 0 Å². The van der Waals surface area contributed by atoms with E-state index in [1.54, 1.807) is 18.3 Å². The van der Waals surface area contributed by atoms with Gasteiger partial charge in [-0.05, 0) is 67.4 Å². The number of rotatable bonds is 8. The number of carbonyl (C=O) groups excluding carboxylic acids is 1. The van der Waals surface area contributed by atoms with E-state index in [1.807, 2.05) is 35.3 Å². The minimum Gasteiger partial charge on any atom is -0.383 e. The number of carbonyl (C=O) groups is 1. The van der Waals surface area contributed by atoms with Crippen molar-refractivity contribution < 1.29 is 13.6 Å². The summed E-state index contributed by atoms with van der Waals surface area (Å²) in [4.78, 5) is 30.9. The molecule has 0 unspecified atom stereocenters. The lowest BCUT2D eigenvalue weighted by atomic mass is 10.0. The molecule has 44 heavy (non-hydrogen) atoms. The number of nitrogen functional groups attached to an aromatic ring is 1. The van der Waals surface area contributed by atoms with Gasteiger partial charge in [-0.1, -0.05) is 24.3 Å². The van der Waals surface area contributed by atoms with Crippen LogP contribution in [0.4, 0.5) is 20.3 Å². The largest absolute Gasteiger partial charge is 0.383 e. The van der Waals surface area contributed by atoms with Gasteiger partial charge in [-0.2, -0.15) is 5.10 Å². The number of nitrogens with zero attached hydrogens (tertiary/aromatic N) is 4. The third-order valence-electron chi connectivity index (χ3n) is 7.81. The van der Waals surface area contributed by atoms with E-state index < -0.39 is 23.8 Å². The molecule has 3 aromatic heterocycles. The van der Waals surface area contributed by atoms with Crippen LogP contribution < -0.4 is 21.8 Å². The van der Waals surface area contributed by atoms with E-state index >= 15 is 0 Å². The zero-order valence-electron chi connectivity index (χ0n) is 23.8. The third kappa shape index (κ3) is 6.13. The Bertz CT molecular complexity index is 1840. The minimum atomic E-state index is -0.686. The van der Waals surface area contributed by atoms with Crippen molar-refractivity contribution in [1.82, 2.24) is 24.6 Å². The van der Waals surface area contributed by atoms with Crippen LogP contribution in [0.5, 0.6) is 0 Å². The Morgan fingerprint density at radius 2 is 1.64 bits per heavy atom. The number of benzene rings is 2. The van der Waals surface area contributed by atoms with Crippen molar-refractivity contribution in [1.29, 1.82) is 0 Å². The van der Waals surface area contributed by atoms with Crippen molar-refractivity contribution in [3.8, 4) is 33.4 Å². The monoisotopic (exact) mass is 595 g/mol. The highest BCUT2D eigenvalue weighted by Gasteiger charge is 2.18. The molecule has 0 radical (unpaired) electrons. The fourth-order valence-corrected chi connectivity index (χ4v) is 5.41. The predicted molar refractivity (Wildman–Crippen MR) is 166 cm³/mol. The molecule has 1 aliphatic heterocycles. The SMILES string of the molecule is Nc1ncc(-c2cnn(C3CCNCC3)c2)cc1-c1ccc(NC(=O)c2cn(CCF)cc(-c3ccc(F)cc3)c2=O)cc1. The van der Waals surface area contributed by atoms with Crippen LogP contribution in [0, 0.1) is 5.82 Å². The van der Waals surface area contributed by atoms with E-state index in [-0.39, 0.29) is 17.7 Å². The molecule has 224 valence electrons. The molecular weight excluding hydrogens is 564 g/mol. The lowest BCUT2D eigenvalue weighted by Gasteiger charge is -2.22. The Balaban J connectivity index is 1.23. The number of pyridine rings is 2. The Kier molecular flexibility index (Phi) is 8.29. The second-order valence-corrected chi connectivity index (χ2v) is 10.7. The number of piperidine rings is 1. The fourth-order valence-electron chi connectivity index (χ4n) is 5.41. The Morgan fingerprint density at radius 1 is 0.932 bits per heavy atom. The van der Waals surface area contributed by atoms with Crippen LogP contribution in [-0.4, -0.2) is 45.0 Å². The van der Waals surface area contributed by atoms with Crippen molar-refractivity contribution in [3.05, 3.63) is 107 Å². The summed E-state index contributed by atoms with van der Waals surface area (Å²) in [7, 11) is 0. The first kappa shape index (κ1) is 28.9. The van der Waals surface area contributed by atoms with Gasteiger partial charge in [0.05, 0.1) is 18.8 Å². The molecule has 9 nitrogen and oxygen atoms in total. The van der Waals surface area contributed by atoms with E-state index in [9.17, 15) is 18.4 Å². The van der Waals surface area contributed by atoms with Gasteiger partial charge in [0.1, 0.15) is 23.9 Å². The number of alkyl halides is 1. The van der Waals surface area contributed by atoms with Crippen LogP contribution in [0.2, 0.25) is 0 Å². The first-order valence-electron chi connectivity index (χ1n) is 14.4. The van der Waals surface area contributed by atoms with E-state index in [0.717, 1.165) is 48.2 Å². The molecular formula is C33H31F2N7O2. The van der Waals surface area contributed by atoms with Crippen LogP contribution in [0.1, 0.15) is 29.2 Å². The van der Waals surface area contributed by atoms with Crippen molar-refractivity contribution in [2.45, 2.75) is 25.4 Å². The van der Waals surface area contributed by atoms with E-state index in [4.69, 9.17) is 5.73 Å². The summed E-state index contributed by atoms with van der Waals surface area (Å²) in [6.07, 6.45) is 10.5. The highest BCUT2D eigenvalue weighted by Crippen LogP contribution is 2.31. The molecule has 0 saturated carbocycles. The van der Waals surface area contributed by atoms with Gasteiger partial charge in [-0.25, -0.2) is 13.8 Å². The number of aryl methyl sites for hydroxylation is 1. The van der Waals surface area contributed by atoms with Crippen LogP contribution >= 0.6 is 0 Å². The maximum Gasteiger partial charge on any atom is 0.261 e. The average molecular weight is 596 g/mol. The van der Waals surface area contributed by atoms with Gasteiger partial charge < -0.3 is 20.9 Å². The van der Waals surface area contributed by atoms with Crippen LogP contribution in [0.3, 0.4) is 0 Å². The third-order valence-corrected chi connectivity index (χ3v) is 7.81. The number of hydrogen-bond acceptors (Lipinski definition) is 6. The molecule has 4 N–H and O–H groups in total. The molecule has 0 bridgehead atoms. The molecule has 0 spiro atoms. The zero-order chi connectivity index (χ0) is 30.6. The van der Waals surface area contributed by atoms with E-state index in [2.05, 4.69) is 20.7 Å². The normalized spacial score (nSPS) is 13.6. The van der Waals surface area contributed by atoms with Crippen LogP contribution in [0.15, 0.2) is 90.4 Å². The number of nitrogens with two attached hydrogens (primary N) is 1. The molecule has 6 rings (SSSR count). The van der Waals surface area contributed by atoms with Crippen LogP contribution in [0.25, 0.3) is 33.4 Å². The molecule has 1 aliphatic rings.